The zero-order valence-corrected chi connectivity index (χ0v) is 11.3. The molecule has 96 valence electrons. The predicted molar refractivity (Wildman–Crippen MR) is 78.8 cm³/mol. The van der Waals surface area contributed by atoms with E-state index in [0.29, 0.717) is 0 Å². The van der Waals surface area contributed by atoms with Crippen molar-refractivity contribution in [3.8, 4) is 11.8 Å². The lowest BCUT2D eigenvalue weighted by Gasteiger charge is -2.14. The van der Waals surface area contributed by atoms with Crippen LogP contribution in [0.15, 0.2) is 30.3 Å². The Morgan fingerprint density at radius 1 is 1.16 bits per heavy atom. The molecule has 0 spiro atoms. The number of nitrogens with zero attached hydrogens (tertiary/aromatic N) is 2. The van der Waals surface area contributed by atoms with Crippen molar-refractivity contribution in [2.24, 2.45) is 0 Å². The number of pyridine rings is 1. The third-order valence-corrected chi connectivity index (χ3v) is 3.61. The van der Waals surface area contributed by atoms with Gasteiger partial charge in [0.1, 0.15) is 5.69 Å². The van der Waals surface area contributed by atoms with Crippen LogP contribution in [-0.4, -0.2) is 23.0 Å². The molecule has 2 heterocycles. The predicted octanol–water partition coefficient (Wildman–Crippen LogP) is 3.20. The maximum atomic E-state index is 4.55. The maximum Gasteiger partial charge on any atom is 0.113 e. The first kappa shape index (κ1) is 12.2. The van der Waals surface area contributed by atoms with Crippen LogP contribution in [0.5, 0.6) is 0 Å². The fourth-order valence-electron chi connectivity index (χ4n) is 2.67. The Balaban J connectivity index is 1.87. The van der Waals surface area contributed by atoms with Crippen LogP contribution in [0, 0.1) is 11.8 Å². The summed E-state index contributed by atoms with van der Waals surface area (Å²) in [6, 6.07) is 10.7. The van der Waals surface area contributed by atoms with Crippen molar-refractivity contribution in [1.82, 2.24) is 9.88 Å². The Morgan fingerprint density at radius 2 is 2.00 bits per heavy atom. The SMILES string of the molecule is CC#Cc1ccc2cc(CN3CCCC3)ccc2n1. The van der Waals surface area contributed by atoms with Crippen molar-refractivity contribution >= 4 is 10.9 Å². The normalized spacial score (nSPS) is 15.4. The molecule has 2 aromatic rings. The van der Waals surface area contributed by atoms with Crippen molar-refractivity contribution in [2.75, 3.05) is 13.1 Å². The molecular formula is C17H18N2. The van der Waals surface area contributed by atoms with E-state index in [1.807, 2.05) is 13.0 Å². The standard InChI is InChI=1S/C17H18N2/c1-2-5-16-8-7-15-12-14(6-9-17(15)18-16)13-19-10-3-4-11-19/h6-9,12H,3-4,10-11,13H2,1H3. The quantitative estimate of drug-likeness (QED) is 0.761. The van der Waals surface area contributed by atoms with Crippen LogP contribution in [0.1, 0.15) is 31.0 Å². The van der Waals surface area contributed by atoms with Crippen molar-refractivity contribution in [1.29, 1.82) is 0 Å². The van der Waals surface area contributed by atoms with Gasteiger partial charge in [0.15, 0.2) is 0 Å². The molecular weight excluding hydrogens is 232 g/mol. The zero-order valence-electron chi connectivity index (χ0n) is 11.3. The molecule has 0 N–H and O–H groups in total. The van der Waals surface area contributed by atoms with E-state index in [-0.39, 0.29) is 0 Å². The van der Waals surface area contributed by atoms with E-state index in [9.17, 15) is 0 Å². The van der Waals surface area contributed by atoms with Gasteiger partial charge in [-0.05, 0) is 68.6 Å². The largest absolute Gasteiger partial charge is 0.299 e. The summed E-state index contributed by atoms with van der Waals surface area (Å²) in [6.45, 7) is 5.38. The summed E-state index contributed by atoms with van der Waals surface area (Å²) in [4.78, 5) is 7.07. The fourth-order valence-corrected chi connectivity index (χ4v) is 2.67. The summed E-state index contributed by atoms with van der Waals surface area (Å²) < 4.78 is 0. The molecule has 1 aromatic carbocycles. The van der Waals surface area contributed by atoms with Gasteiger partial charge in [-0.15, -0.1) is 0 Å². The molecule has 0 unspecified atom stereocenters. The van der Waals surface area contributed by atoms with Gasteiger partial charge in [-0.2, -0.15) is 0 Å². The molecule has 0 radical (unpaired) electrons. The summed E-state index contributed by atoms with van der Waals surface area (Å²) in [5.74, 6) is 5.89. The van der Waals surface area contributed by atoms with Gasteiger partial charge in [-0.1, -0.05) is 12.0 Å². The van der Waals surface area contributed by atoms with Gasteiger partial charge in [-0.25, -0.2) is 4.98 Å². The third kappa shape index (κ3) is 2.77. The monoisotopic (exact) mass is 250 g/mol. The fraction of sp³-hybridized carbons (Fsp3) is 0.353. The second-order valence-corrected chi connectivity index (χ2v) is 5.08. The maximum absolute atomic E-state index is 4.55. The van der Waals surface area contributed by atoms with E-state index < -0.39 is 0 Å². The highest BCUT2D eigenvalue weighted by molar-refractivity contribution is 5.79. The highest BCUT2D eigenvalue weighted by atomic mass is 15.1. The number of hydrogen-bond donors (Lipinski definition) is 0. The number of rotatable bonds is 2. The van der Waals surface area contributed by atoms with Gasteiger partial charge in [0, 0.05) is 11.9 Å². The molecule has 3 rings (SSSR count). The number of hydrogen-bond acceptors (Lipinski definition) is 2. The van der Waals surface area contributed by atoms with Crippen LogP contribution >= 0.6 is 0 Å². The van der Waals surface area contributed by atoms with E-state index in [1.165, 1.54) is 36.9 Å². The molecule has 1 aromatic heterocycles. The van der Waals surface area contributed by atoms with Crippen LogP contribution in [0.4, 0.5) is 0 Å². The van der Waals surface area contributed by atoms with Crippen LogP contribution < -0.4 is 0 Å². The Bertz CT molecular complexity index is 643. The van der Waals surface area contributed by atoms with Gasteiger partial charge in [0.2, 0.25) is 0 Å². The molecule has 2 heteroatoms. The molecule has 0 atom stereocenters. The van der Waals surface area contributed by atoms with E-state index in [1.54, 1.807) is 0 Å². The first-order valence-corrected chi connectivity index (χ1v) is 6.90. The van der Waals surface area contributed by atoms with E-state index >= 15 is 0 Å². The Morgan fingerprint density at radius 3 is 2.79 bits per heavy atom. The Labute approximate surface area is 114 Å². The van der Waals surface area contributed by atoms with Gasteiger partial charge < -0.3 is 0 Å². The van der Waals surface area contributed by atoms with Crippen LogP contribution in [0.3, 0.4) is 0 Å². The number of likely N-dealkylation sites (tertiary alicyclic amines) is 1. The average Bonchev–Trinajstić information content (AvgIpc) is 2.92. The molecule has 1 fully saturated rings. The first-order chi connectivity index (χ1) is 9.35. The lowest BCUT2D eigenvalue weighted by atomic mass is 10.1. The molecule has 1 aliphatic rings. The lowest BCUT2D eigenvalue weighted by Crippen LogP contribution is -2.18. The molecule has 1 aliphatic heterocycles. The summed E-state index contributed by atoms with van der Waals surface area (Å²) in [5.41, 5.74) is 3.26. The minimum absolute atomic E-state index is 0.849. The molecule has 0 saturated carbocycles. The van der Waals surface area contributed by atoms with Gasteiger partial charge in [-0.3, -0.25) is 4.90 Å². The van der Waals surface area contributed by atoms with Gasteiger partial charge in [0.25, 0.3) is 0 Å². The van der Waals surface area contributed by atoms with Crippen LogP contribution in [0.2, 0.25) is 0 Å². The molecule has 0 aliphatic carbocycles. The van der Waals surface area contributed by atoms with Crippen molar-refractivity contribution < 1.29 is 0 Å². The van der Waals surface area contributed by atoms with Crippen molar-refractivity contribution in [2.45, 2.75) is 26.3 Å². The molecule has 0 amide bonds. The first-order valence-electron chi connectivity index (χ1n) is 6.90. The van der Waals surface area contributed by atoms with E-state index in [2.05, 4.69) is 46.0 Å². The highest BCUT2D eigenvalue weighted by Crippen LogP contribution is 2.18. The summed E-state index contributed by atoms with van der Waals surface area (Å²) in [5, 5.41) is 1.21. The zero-order chi connectivity index (χ0) is 13.1. The molecule has 2 nitrogen and oxygen atoms in total. The second kappa shape index (κ2) is 5.42. The average molecular weight is 250 g/mol. The summed E-state index contributed by atoms with van der Waals surface area (Å²) in [7, 11) is 0. The minimum Gasteiger partial charge on any atom is -0.299 e. The van der Waals surface area contributed by atoms with Gasteiger partial charge in [0.05, 0.1) is 5.52 Å². The second-order valence-electron chi connectivity index (χ2n) is 5.08. The number of benzene rings is 1. The van der Waals surface area contributed by atoms with Crippen LogP contribution in [0.25, 0.3) is 10.9 Å². The van der Waals surface area contributed by atoms with Crippen molar-refractivity contribution in [3.63, 3.8) is 0 Å². The van der Waals surface area contributed by atoms with Gasteiger partial charge >= 0.3 is 0 Å². The third-order valence-electron chi connectivity index (χ3n) is 3.61. The summed E-state index contributed by atoms with van der Waals surface area (Å²) in [6.07, 6.45) is 2.68. The topological polar surface area (TPSA) is 16.1 Å². The summed E-state index contributed by atoms with van der Waals surface area (Å²) >= 11 is 0. The molecule has 19 heavy (non-hydrogen) atoms. The number of aromatic nitrogens is 1. The highest BCUT2D eigenvalue weighted by Gasteiger charge is 2.11. The van der Waals surface area contributed by atoms with Crippen LogP contribution in [-0.2, 0) is 6.54 Å². The minimum atomic E-state index is 0.849. The Hall–Kier alpha value is -1.85. The smallest absolute Gasteiger partial charge is 0.113 e. The molecule has 0 bridgehead atoms. The number of fused-ring (bicyclic) bond motifs is 1. The lowest BCUT2D eigenvalue weighted by molar-refractivity contribution is 0.331. The van der Waals surface area contributed by atoms with Crippen molar-refractivity contribution in [3.05, 3.63) is 41.6 Å². The van der Waals surface area contributed by atoms with E-state index in [4.69, 9.17) is 0 Å². The van der Waals surface area contributed by atoms with E-state index in [0.717, 1.165) is 17.8 Å². The molecule has 1 saturated heterocycles. The Kier molecular flexibility index (Phi) is 3.48.